The summed E-state index contributed by atoms with van der Waals surface area (Å²) in [5.74, 6) is 2.66. The maximum absolute atomic E-state index is 5.76. The quantitative estimate of drug-likeness (QED) is 0.592. The molecule has 7 nitrogen and oxygen atoms in total. The highest BCUT2D eigenvalue weighted by Gasteiger charge is 2.45. The molecule has 2 aliphatic rings. The summed E-state index contributed by atoms with van der Waals surface area (Å²) in [6.45, 7) is 0.863. The van der Waals surface area contributed by atoms with Crippen molar-refractivity contribution in [1.29, 1.82) is 0 Å². The van der Waals surface area contributed by atoms with Gasteiger partial charge in [0.05, 0.1) is 27.4 Å². The van der Waals surface area contributed by atoms with Gasteiger partial charge >= 0.3 is 0 Å². The number of methoxy groups -OCH3 is 2. The molecule has 0 unspecified atom stereocenters. The second-order valence-corrected chi connectivity index (χ2v) is 6.16. The number of ether oxygens (including phenoxy) is 7. The van der Waals surface area contributed by atoms with E-state index in [9.17, 15) is 0 Å². The Morgan fingerprint density at radius 1 is 0.667 bits per heavy atom. The molecule has 2 saturated heterocycles. The molecule has 144 valence electrons. The van der Waals surface area contributed by atoms with Gasteiger partial charge in [-0.05, 0) is 24.3 Å². The first kappa shape index (κ1) is 17.9. The highest BCUT2D eigenvalue weighted by atomic mass is 16.8. The lowest BCUT2D eigenvalue weighted by Gasteiger charge is -2.08. The molecule has 4 rings (SSSR count). The second kappa shape index (κ2) is 8.04. The third-order valence-corrected chi connectivity index (χ3v) is 4.26. The zero-order chi connectivity index (χ0) is 18.6. The summed E-state index contributed by atoms with van der Waals surface area (Å²) in [5.41, 5.74) is 0. The topological polar surface area (TPSA) is 71.2 Å². The van der Waals surface area contributed by atoms with Gasteiger partial charge in [0.25, 0.3) is 0 Å². The fourth-order valence-electron chi connectivity index (χ4n) is 2.68. The van der Waals surface area contributed by atoms with E-state index in [2.05, 4.69) is 0 Å². The smallest absolute Gasteiger partial charge is 0.229 e. The van der Waals surface area contributed by atoms with E-state index in [1.165, 1.54) is 0 Å². The summed E-state index contributed by atoms with van der Waals surface area (Å²) in [6, 6.07) is 14.9. The second-order valence-electron chi connectivity index (χ2n) is 6.16. The molecule has 2 aromatic rings. The average Bonchev–Trinajstić information content (AvgIpc) is 3.62. The molecule has 0 amide bonds. The number of benzene rings is 2. The van der Waals surface area contributed by atoms with Crippen molar-refractivity contribution in [3.8, 4) is 23.0 Å². The van der Waals surface area contributed by atoms with Gasteiger partial charge in [0.2, 0.25) is 12.6 Å². The van der Waals surface area contributed by atoms with Crippen LogP contribution < -0.4 is 18.9 Å². The molecule has 0 aliphatic carbocycles. The van der Waals surface area contributed by atoms with Crippen LogP contribution in [0.5, 0.6) is 23.0 Å². The van der Waals surface area contributed by atoms with Gasteiger partial charge in [-0.15, -0.1) is 0 Å². The summed E-state index contributed by atoms with van der Waals surface area (Å²) >= 11 is 0. The number of hydrogen-bond donors (Lipinski definition) is 0. The lowest BCUT2D eigenvalue weighted by atomic mass is 10.3. The molecular formula is C20H22O7. The third kappa shape index (κ3) is 4.44. The zero-order valence-electron chi connectivity index (χ0n) is 15.2. The normalized spacial score (nSPS) is 25.6. The lowest BCUT2D eigenvalue weighted by Crippen LogP contribution is -2.14. The maximum Gasteiger partial charge on any atom is 0.229 e. The average molecular weight is 374 g/mol. The van der Waals surface area contributed by atoms with Crippen molar-refractivity contribution < 1.29 is 33.2 Å². The molecular weight excluding hydrogens is 352 g/mol. The van der Waals surface area contributed by atoms with E-state index in [1.807, 2.05) is 48.5 Å². The first-order valence-electron chi connectivity index (χ1n) is 8.76. The van der Waals surface area contributed by atoms with Crippen LogP contribution in [-0.2, 0) is 14.2 Å². The first-order chi connectivity index (χ1) is 13.3. The van der Waals surface area contributed by atoms with E-state index in [4.69, 9.17) is 33.2 Å². The Hall–Kier alpha value is -2.48. The molecule has 27 heavy (non-hydrogen) atoms. The molecule has 0 aromatic heterocycles. The summed E-state index contributed by atoms with van der Waals surface area (Å²) < 4.78 is 38.7. The Balaban J connectivity index is 1.15. The van der Waals surface area contributed by atoms with Gasteiger partial charge in [0.1, 0.15) is 12.2 Å². The molecule has 7 heteroatoms. The van der Waals surface area contributed by atoms with Crippen LogP contribution in [0, 0.1) is 0 Å². The van der Waals surface area contributed by atoms with Crippen molar-refractivity contribution in [1.82, 2.24) is 0 Å². The Bertz CT molecular complexity index is 702. The largest absolute Gasteiger partial charge is 0.493 e. The lowest BCUT2D eigenvalue weighted by molar-refractivity contribution is 0.101. The Kier molecular flexibility index (Phi) is 5.33. The van der Waals surface area contributed by atoms with Gasteiger partial charge in [-0.2, -0.15) is 0 Å². The van der Waals surface area contributed by atoms with Gasteiger partial charge in [-0.3, -0.25) is 0 Å². The van der Waals surface area contributed by atoms with Crippen LogP contribution in [0.1, 0.15) is 0 Å². The summed E-state index contributed by atoms with van der Waals surface area (Å²) in [6.07, 6.45) is -0.825. The summed E-state index contributed by atoms with van der Waals surface area (Å²) in [5, 5.41) is 0. The number of hydrogen-bond acceptors (Lipinski definition) is 7. The molecule has 0 N–H and O–H groups in total. The summed E-state index contributed by atoms with van der Waals surface area (Å²) in [7, 11) is 3.21. The Morgan fingerprint density at radius 3 is 1.48 bits per heavy atom. The Morgan fingerprint density at radius 2 is 1.07 bits per heavy atom. The number of rotatable bonds is 10. The van der Waals surface area contributed by atoms with Crippen LogP contribution in [0.3, 0.4) is 0 Å². The molecule has 0 saturated carbocycles. The van der Waals surface area contributed by atoms with E-state index in [1.54, 1.807) is 14.2 Å². The van der Waals surface area contributed by atoms with E-state index in [0.29, 0.717) is 36.2 Å². The van der Waals surface area contributed by atoms with Crippen molar-refractivity contribution in [3.05, 3.63) is 48.5 Å². The van der Waals surface area contributed by atoms with Crippen LogP contribution in [0.4, 0.5) is 0 Å². The van der Waals surface area contributed by atoms with E-state index in [0.717, 1.165) is 0 Å². The monoisotopic (exact) mass is 374 g/mol. The SMILES string of the molecule is COc1ccccc1O[C@@H]1O[C@@H]1COC[C@H]1O[C@H]1Oc1ccccc1OC. The molecule has 2 heterocycles. The van der Waals surface area contributed by atoms with Crippen LogP contribution in [0.15, 0.2) is 48.5 Å². The van der Waals surface area contributed by atoms with Crippen molar-refractivity contribution in [3.63, 3.8) is 0 Å². The van der Waals surface area contributed by atoms with Crippen LogP contribution in [0.25, 0.3) is 0 Å². The van der Waals surface area contributed by atoms with Gasteiger partial charge in [0, 0.05) is 0 Å². The minimum absolute atomic E-state index is 0.0951. The predicted octanol–water partition coefficient (Wildman–Crippen LogP) is 2.63. The molecule has 0 radical (unpaired) electrons. The molecule has 0 bridgehead atoms. The summed E-state index contributed by atoms with van der Waals surface area (Å²) in [4.78, 5) is 0. The highest BCUT2D eigenvalue weighted by molar-refractivity contribution is 5.40. The molecule has 4 atom stereocenters. The fraction of sp³-hybridized carbons (Fsp3) is 0.400. The zero-order valence-corrected chi connectivity index (χ0v) is 15.2. The van der Waals surface area contributed by atoms with Crippen LogP contribution in [-0.4, -0.2) is 52.2 Å². The number of para-hydroxylation sites is 4. The van der Waals surface area contributed by atoms with Gasteiger partial charge < -0.3 is 33.2 Å². The predicted molar refractivity (Wildman–Crippen MR) is 95.4 cm³/mol. The minimum Gasteiger partial charge on any atom is -0.493 e. The third-order valence-electron chi connectivity index (χ3n) is 4.26. The van der Waals surface area contributed by atoms with E-state index in [-0.39, 0.29) is 24.8 Å². The van der Waals surface area contributed by atoms with Gasteiger partial charge in [-0.1, -0.05) is 24.3 Å². The molecule has 2 fully saturated rings. The van der Waals surface area contributed by atoms with E-state index >= 15 is 0 Å². The van der Waals surface area contributed by atoms with Crippen molar-refractivity contribution in [2.75, 3.05) is 27.4 Å². The van der Waals surface area contributed by atoms with E-state index < -0.39 is 0 Å². The van der Waals surface area contributed by atoms with Crippen LogP contribution >= 0.6 is 0 Å². The van der Waals surface area contributed by atoms with Crippen molar-refractivity contribution in [2.24, 2.45) is 0 Å². The standard InChI is InChI=1S/C20H22O7/c1-21-13-7-3-5-9-15(13)24-19-17(26-19)11-23-12-18-20(27-18)25-16-10-6-4-8-14(16)22-2/h3-10,17-20H,11-12H2,1-2H3/t17-,18-,19-,20-/m1/s1. The Labute approximate surface area is 157 Å². The van der Waals surface area contributed by atoms with Gasteiger partial charge in [-0.25, -0.2) is 0 Å². The number of epoxide rings is 2. The molecule has 0 spiro atoms. The van der Waals surface area contributed by atoms with Crippen LogP contribution in [0.2, 0.25) is 0 Å². The fourth-order valence-corrected chi connectivity index (χ4v) is 2.68. The van der Waals surface area contributed by atoms with Crippen molar-refractivity contribution >= 4 is 0 Å². The maximum atomic E-state index is 5.76. The molecule has 2 aliphatic heterocycles. The highest BCUT2D eigenvalue weighted by Crippen LogP contribution is 2.34. The first-order valence-corrected chi connectivity index (χ1v) is 8.76. The van der Waals surface area contributed by atoms with Gasteiger partial charge in [0.15, 0.2) is 23.0 Å². The van der Waals surface area contributed by atoms with Crippen molar-refractivity contribution in [2.45, 2.75) is 24.8 Å². The minimum atomic E-state index is -0.318. The molecule has 2 aromatic carbocycles.